The standard InChI is InChI=1S/C22H18O10/c23-11-6-14(25)12-8-19(32-22(30)10-4-16(27)20(29)17(28)5-10)21(31-18(12)7-11)9-1-2-13(24)15(26)3-9/h1-7,19,21,23-29H,8H2/t19-,21+/m1/s1/i8+1,19+1,21+1. The van der Waals surface area contributed by atoms with Gasteiger partial charge >= 0.3 is 5.97 Å². The lowest BCUT2D eigenvalue weighted by Crippen LogP contribution is -2.34. The molecule has 1 heterocycles. The van der Waals surface area contributed by atoms with E-state index >= 15 is 0 Å². The van der Waals surface area contributed by atoms with Crippen molar-refractivity contribution in [3.63, 3.8) is 0 Å². The van der Waals surface area contributed by atoms with Crippen LogP contribution in [0.2, 0.25) is 0 Å². The van der Waals surface area contributed by atoms with Crippen molar-refractivity contribution in [2.24, 2.45) is 0 Å². The molecule has 1 aliphatic rings. The van der Waals surface area contributed by atoms with Crippen molar-refractivity contribution < 1.29 is 50.0 Å². The molecule has 0 saturated heterocycles. The van der Waals surface area contributed by atoms with Crippen LogP contribution in [0, 0.1) is 0 Å². The van der Waals surface area contributed by atoms with Gasteiger partial charge in [0.25, 0.3) is 0 Å². The molecular weight excluding hydrogens is 427 g/mol. The van der Waals surface area contributed by atoms with Crippen LogP contribution in [-0.4, -0.2) is 47.8 Å². The molecule has 166 valence electrons. The zero-order chi connectivity index (χ0) is 23.2. The van der Waals surface area contributed by atoms with Gasteiger partial charge in [-0.15, -0.1) is 0 Å². The van der Waals surface area contributed by atoms with Crippen LogP contribution in [0.4, 0.5) is 0 Å². The number of hydrogen-bond acceptors (Lipinski definition) is 10. The summed E-state index contributed by atoms with van der Waals surface area (Å²) >= 11 is 0. The number of rotatable bonds is 3. The third-order valence-corrected chi connectivity index (χ3v) is 5.06. The predicted molar refractivity (Wildman–Crippen MR) is 107 cm³/mol. The Balaban J connectivity index is 1.72. The maximum absolute atomic E-state index is 12.7. The largest absolute Gasteiger partial charge is 0.508 e. The van der Waals surface area contributed by atoms with E-state index in [1.807, 2.05) is 0 Å². The lowest BCUT2D eigenvalue weighted by atomic mass is 10.2. The molecule has 0 saturated carbocycles. The van der Waals surface area contributed by atoms with Crippen LogP contribution in [0.1, 0.15) is 27.6 Å². The van der Waals surface area contributed by atoms with Crippen molar-refractivity contribution in [3.05, 3.63) is 59.2 Å². The van der Waals surface area contributed by atoms with E-state index in [0.29, 0.717) is 5.56 Å². The average Bonchev–Trinajstić information content (AvgIpc) is 2.73. The van der Waals surface area contributed by atoms with Gasteiger partial charge in [-0.1, -0.05) is 6.07 Å². The lowest BCUT2D eigenvalue weighted by molar-refractivity contribution is -0.0189. The van der Waals surface area contributed by atoms with Gasteiger partial charge in [0, 0.05) is 29.7 Å². The summed E-state index contributed by atoms with van der Waals surface area (Å²) in [5.41, 5.74) is 0.324. The molecule has 10 nitrogen and oxygen atoms in total. The Bertz CT molecular complexity index is 1200. The number of phenols is 7. The summed E-state index contributed by atoms with van der Waals surface area (Å²) in [5, 5.41) is 68.2. The highest BCUT2D eigenvalue weighted by atomic mass is 16.7. The summed E-state index contributed by atoms with van der Waals surface area (Å²) in [5.74, 6) is -4.43. The van der Waals surface area contributed by atoms with Crippen molar-refractivity contribution in [1.29, 1.82) is 0 Å². The minimum absolute atomic E-state index is 0.0461. The Morgan fingerprint density at radius 3 is 2.16 bits per heavy atom. The molecule has 0 spiro atoms. The van der Waals surface area contributed by atoms with Gasteiger partial charge in [-0.05, 0) is 24.3 Å². The number of aromatic hydroxyl groups is 7. The minimum Gasteiger partial charge on any atom is -0.508 e. The summed E-state index contributed by atoms with van der Waals surface area (Å²) < 4.78 is 11.4. The van der Waals surface area contributed by atoms with Gasteiger partial charge in [0.15, 0.2) is 34.9 Å². The number of esters is 1. The van der Waals surface area contributed by atoms with E-state index in [2.05, 4.69) is 0 Å². The number of carbonyl (C=O) groups excluding carboxylic acids is 1. The number of fused-ring (bicyclic) bond motifs is 1. The fourth-order valence-electron chi connectivity index (χ4n) is 3.48. The molecule has 0 aromatic heterocycles. The molecule has 10 heteroatoms. The fraction of sp³-hybridized carbons (Fsp3) is 0.136. The van der Waals surface area contributed by atoms with Crippen LogP contribution < -0.4 is 4.74 Å². The maximum Gasteiger partial charge on any atom is 0.338 e. The number of phenolic OH excluding ortho intramolecular Hbond substituents is 7. The molecule has 0 radical (unpaired) electrons. The third kappa shape index (κ3) is 3.69. The molecule has 0 amide bonds. The van der Waals surface area contributed by atoms with Crippen molar-refractivity contribution in [2.75, 3.05) is 0 Å². The normalized spacial score (nSPS) is 17.2. The monoisotopic (exact) mass is 445 g/mol. The van der Waals surface area contributed by atoms with Crippen LogP contribution in [-0.2, 0) is 11.2 Å². The first kappa shape index (κ1) is 20.8. The highest BCUT2D eigenvalue weighted by molar-refractivity contribution is 5.91. The average molecular weight is 445 g/mol. The maximum atomic E-state index is 12.7. The van der Waals surface area contributed by atoms with Gasteiger partial charge in [-0.2, -0.15) is 0 Å². The Labute approximate surface area is 180 Å². The molecule has 4 rings (SSSR count). The van der Waals surface area contributed by atoms with Crippen LogP contribution in [0.3, 0.4) is 0 Å². The Morgan fingerprint density at radius 1 is 0.812 bits per heavy atom. The molecule has 0 bridgehead atoms. The second-order valence-corrected chi connectivity index (χ2v) is 7.24. The SMILES string of the molecule is O=C(O[13C@@H]1[13CH2]c2c(O)cc(O)cc2O[13C@H]1c1ccc(O)c(O)c1)c1cc(O)c(O)c(O)c1. The molecule has 1 aliphatic heterocycles. The van der Waals surface area contributed by atoms with Gasteiger partial charge in [0.05, 0.1) is 5.56 Å². The topological polar surface area (TPSA) is 177 Å². The smallest absolute Gasteiger partial charge is 0.338 e. The summed E-state index contributed by atoms with van der Waals surface area (Å²) in [6.07, 6.45) is -2.12. The van der Waals surface area contributed by atoms with Crippen LogP contribution in [0.15, 0.2) is 42.5 Å². The first-order chi connectivity index (χ1) is 15.1. The highest BCUT2D eigenvalue weighted by Gasteiger charge is 2.37. The molecule has 32 heavy (non-hydrogen) atoms. The minimum atomic E-state index is -1.06. The molecule has 0 fully saturated rings. The molecule has 0 unspecified atom stereocenters. The number of carbonyl (C=O) groups is 1. The molecular formula is C22H18O10. The van der Waals surface area contributed by atoms with Crippen molar-refractivity contribution in [1.82, 2.24) is 0 Å². The first-order valence-electron chi connectivity index (χ1n) is 9.33. The Hall–Kier alpha value is -4.47. The van der Waals surface area contributed by atoms with Crippen molar-refractivity contribution in [3.8, 4) is 46.0 Å². The second kappa shape index (κ2) is 7.65. The number of hydrogen-bond donors (Lipinski definition) is 7. The van der Waals surface area contributed by atoms with E-state index in [4.69, 9.17) is 9.47 Å². The summed E-state index contributed by atoms with van der Waals surface area (Å²) in [6.45, 7) is 0. The van der Waals surface area contributed by atoms with Gasteiger partial charge in [0.1, 0.15) is 23.4 Å². The van der Waals surface area contributed by atoms with Gasteiger partial charge in [-0.3, -0.25) is 0 Å². The lowest BCUT2D eigenvalue weighted by Gasteiger charge is -2.34. The highest BCUT2D eigenvalue weighted by Crippen LogP contribution is 2.44. The van der Waals surface area contributed by atoms with E-state index in [9.17, 15) is 40.5 Å². The van der Waals surface area contributed by atoms with Gasteiger partial charge in [0.2, 0.25) is 0 Å². The van der Waals surface area contributed by atoms with E-state index in [-0.39, 0.29) is 40.5 Å². The first-order valence-corrected chi connectivity index (χ1v) is 9.33. The van der Waals surface area contributed by atoms with E-state index in [1.165, 1.54) is 24.3 Å². The molecule has 2 atom stereocenters. The Morgan fingerprint density at radius 2 is 1.50 bits per heavy atom. The summed E-state index contributed by atoms with van der Waals surface area (Å²) in [7, 11) is 0. The number of ether oxygens (including phenoxy) is 2. The zero-order valence-corrected chi connectivity index (χ0v) is 16.3. The summed E-state index contributed by atoms with van der Waals surface area (Å²) in [4.78, 5) is 12.7. The van der Waals surface area contributed by atoms with Crippen LogP contribution in [0.25, 0.3) is 0 Å². The molecule has 7 N–H and O–H groups in total. The van der Waals surface area contributed by atoms with Crippen LogP contribution in [0.5, 0.6) is 46.0 Å². The second-order valence-electron chi connectivity index (χ2n) is 7.24. The molecule has 0 aliphatic carbocycles. The summed E-state index contributed by atoms with van der Waals surface area (Å²) in [6, 6.07) is 8.07. The third-order valence-electron chi connectivity index (χ3n) is 5.06. The Kier molecular flexibility index (Phi) is 4.97. The molecule has 3 aromatic rings. The van der Waals surface area contributed by atoms with Gasteiger partial charge < -0.3 is 45.2 Å². The van der Waals surface area contributed by atoms with Gasteiger partial charge in [-0.25, -0.2) is 4.79 Å². The van der Waals surface area contributed by atoms with Crippen molar-refractivity contribution in [2.45, 2.75) is 18.6 Å². The zero-order valence-electron chi connectivity index (χ0n) is 16.3. The van der Waals surface area contributed by atoms with E-state index in [0.717, 1.165) is 18.2 Å². The van der Waals surface area contributed by atoms with E-state index in [1.54, 1.807) is 0 Å². The van der Waals surface area contributed by atoms with Crippen molar-refractivity contribution >= 4 is 5.97 Å². The van der Waals surface area contributed by atoms with Crippen LogP contribution >= 0.6 is 0 Å². The molecule has 3 aromatic carbocycles. The fourth-order valence-corrected chi connectivity index (χ4v) is 3.48. The predicted octanol–water partition coefficient (Wildman–Crippen LogP) is 2.53. The quantitative estimate of drug-likeness (QED) is 0.180. The van der Waals surface area contributed by atoms with E-state index < -0.39 is 41.2 Å². The number of benzene rings is 3.